The van der Waals surface area contributed by atoms with Crippen LogP contribution in [0.1, 0.15) is 31.8 Å². The number of methoxy groups -OCH3 is 6. The first kappa shape index (κ1) is 30.0. The molecule has 5 aromatic rings. The number of hydrogen-bond donors (Lipinski definition) is 0. The Morgan fingerprint density at radius 3 is 1.16 bits per heavy atom. The van der Waals surface area contributed by atoms with Crippen LogP contribution in [0.25, 0.3) is 43.1 Å². The average Bonchev–Trinajstić information content (AvgIpc) is 3.46. The van der Waals surface area contributed by atoms with Gasteiger partial charge in [-0.05, 0) is 56.9 Å². The molecule has 12 heteroatoms. The Morgan fingerprint density at radius 2 is 0.864 bits per heavy atom. The molecular weight excluding hydrogens is 576 g/mol. The zero-order valence-corrected chi connectivity index (χ0v) is 24.6. The standard InChI is InChI=1S/C32H26O12/c1-39-21(33)9-13-7-17-15-11-20-16(12-19(15)27(35)25(17)29(41-3)23(13)31(37)43-5)18-8-14(10-22(34)40-2)24(32(38)44-6)30(42-4)26(18)28(20)36/h7-8,11-12H,9-10H2,1-6H3. The van der Waals surface area contributed by atoms with E-state index in [2.05, 4.69) is 0 Å². The molecule has 0 unspecified atom stereocenters. The summed E-state index contributed by atoms with van der Waals surface area (Å²) in [4.78, 5) is 77.9. The lowest BCUT2D eigenvalue weighted by Gasteiger charge is -2.13. The van der Waals surface area contributed by atoms with Crippen molar-refractivity contribution in [1.82, 2.24) is 0 Å². The van der Waals surface area contributed by atoms with E-state index < -0.39 is 34.7 Å². The minimum atomic E-state index is -0.814. The summed E-state index contributed by atoms with van der Waals surface area (Å²) in [7, 11) is 7.30. The van der Waals surface area contributed by atoms with Gasteiger partial charge in [-0.3, -0.25) is 19.2 Å². The first-order chi connectivity index (χ1) is 21.1. The van der Waals surface area contributed by atoms with Crippen molar-refractivity contribution in [2.45, 2.75) is 12.8 Å². The highest BCUT2D eigenvalue weighted by molar-refractivity contribution is 6.24. The van der Waals surface area contributed by atoms with Crippen LogP contribution in [0.15, 0.2) is 33.9 Å². The van der Waals surface area contributed by atoms with Gasteiger partial charge in [0, 0.05) is 10.8 Å². The highest BCUT2D eigenvalue weighted by atomic mass is 16.5. The van der Waals surface area contributed by atoms with Crippen LogP contribution in [0.5, 0.6) is 11.5 Å². The van der Waals surface area contributed by atoms with Gasteiger partial charge < -0.3 is 28.4 Å². The third kappa shape index (κ3) is 4.37. The predicted molar refractivity (Wildman–Crippen MR) is 159 cm³/mol. The molecule has 0 fully saturated rings. The summed E-state index contributed by atoms with van der Waals surface area (Å²) in [5.74, 6) is -3.07. The molecule has 0 spiro atoms. The molecule has 5 aromatic carbocycles. The first-order valence-corrected chi connectivity index (χ1v) is 13.1. The van der Waals surface area contributed by atoms with Crippen molar-refractivity contribution in [3.63, 3.8) is 0 Å². The average molecular weight is 603 g/mol. The van der Waals surface area contributed by atoms with E-state index in [1.54, 1.807) is 0 Å². The van der Waals surface area contributed by atoms with Crippen LogP contribution in [0.4, 0.5) is 0 Å². The van der Waals surface area contributed by atoms with E-state index in [0.717, 1.165) is 14.2 Å². The molecule has 0 aliphatic carbocycles. The Labute approximate surface area is 248 Å². The molecule has 0 amide bonds. The smallest absolute Gasteiger partial charge is 0.341 e. The molecule has 12 nitrogen and oxygen atoms in total. The van der Waals surface area contributed by atoms with Crippen LogP contribution < -0.4 is 20.3 Å². The molecule has 0 saturated heterocycles. The zero-order valence-electron chi connectivity index (χ0n) is 24.6. The fourth-order valence-electron chi connectivity index (χ4n) is 5.78. The number of benzene rings is 3. The molecule has 0 saturated carbocycles. The minimum Gasteiger partial charge on any atom is -0.495 e. The number of carbonyl (C=O) groups excluding carboxylic acids is 4. The van der Waals surface area contributed by atoms with E-state index >= 15 is 0 Å². The maximum absolute atomic E-state index is 13.9. The molecule has 0 radical (unpaired) electrons. The number of rotatable bonds is 8. The van der Waals surface area contributed by atoms with Crippen molar-refractivity contribution < 1.29 is 47.6 Å². The van der Waals surface area contributed by atoms with Gasteiger partial charge in [0.05, 0.1) is 66.3 Å². The maximum Gasteiger partial charge on any atom is 0.341 e. The van der Waals surface area contributed by atoms with E-state index in [1.165, 1.54) is 52.7 Å². The fraction of sp³-hybridized carbons (Fsp3) is 0.250. The van der Waals surface area contributed by atoms with Crippen molar-refractivity contribution >= 4 is 67.0 Å². The minimum absolute atomic E-state index is 0.0675. The van der Waals surface area contributed by atoms with E-state index in [9.17, 15) is 28.8 Å². The van der Waals surface area contributed by atoms with Gasteiger partial charge in [0.2, 0.25) is 0 Å². The van der Waals surface area contributed by atoms with Crippen LogP contribution in [-0.2, 0) is 41.4 Å². The molecule has 0 aliphatic heterocycles. The maximum atomic E-state index is 13.9. The lowest BCUT2D eigenvalue weighted by Crippen LogP contribution is -2.14. The molecule has 0 bridgehead atoms. The van der Waals surface area contributed by atoms with Crippen molar-refractivity contribution in [1.29, 1.82) is 0 Å². The van der Waals surface area contributed by atoms with Gasteiger partial charge in [0.1, 0.15) is 22.6 Å². The largest absolute Gasteiger partial charge is 0.495 e. The highest BCUT2D eigenvalue weighted by Crippen LogP contribution is 2.41. The second-order valence-electron chi connectivity index (χ2n) is 9.82. The molecule has 0 atom stereocenters. The van der Waals surface area contributed by atoms with Gasteiger partial charge in [-0.2, -0.15) is 0 Å². The molecular formula is C32H26O12. The van der Waals surface area contributed by atoms with Crippen molar-refractivity contribution in [2.75, 3.05) is 42.7 Å². The molecule has 0 heterocycles. The number of ether oxygens (including phenoxy) is 6. The van der Waals surface area contributed by atoms with Gasteiger partial charge in [0.25, 0.3) is 0 Å². The summed E-state index contributed by atoms with van der Waals surface area (Å²) in [5.41, 5.74) is -0.765. The van der Waals surface area contributed by atoms with Gasteiger partial charge >= 0.3 is 23.9 Å². The Balaban J connectivity index is 1.96. The highest BCUT2D eigenvalue weighted by Gasteiger charge is 2.30. The third-order valence-corrected chi connectivity index (χ3v) is 7.72. The van der Waals surface area contributed by atoms with E-state index in [-0.39, 0.29) is 68.1 Å². The molecule has 5 rings (SSSR count). The zero-order chi connectivity index (χ0) is 32.0. The van der Waals surface area contributed by atoms with Crippen molar-refractivity contribution in [3.05, 3.63) is 67.0 Å². The summed E-state index contributed by atoms with van der Waals surface area (Å²) >= 11 is 0. The number of hydrogen-bond acceptors (Lipinski definition) is 12. The van der Waals surface area contributed by atoms with E-state index in [4.69, 9.17) is 28.4 Å². The Morgan fingerprint density at radius 1 is 0.500 bits per heavy atom. The number of carbonyl (C=O) groups is 4. The molecule has 44 heavy (non-hydrogen) atoms. The van der Waals surface area contributed by atoms with Gasteiger partial charge in [-0.25, -0.2) is 9.59 Å². The third-order valence-electron chi connectivity index (χ3n) is 7.72. The SMILES string of the molecule is COC(=O)Cc1cc2c(c(OC)c1C(=O)OC)c(=O)c1cc3c(cc12)c(=O)c1c(OC)c(C(=O)OC)c(CC(=O)OC)cc13. The topological polar surface area (TPSA) is 158 Å². The second kappa shape index (κ2) is 11.3. The van der Waals surface area contributed by atoms with Gasteiger partial charge in [-0.1, -0.05) is 0 Å². The van der Waals surface area contributed by atoms with Crippen LogP contribution in [0, 0.1) is 0 Å². The molecule has 226 valence electrons. The van der Waals surface area contributed by atoms with Crippen LogP contribution >= 0.6 is 0 Å². The summed E-state index contributed by atoms with van der Waals surface area (Å²) in [6.45, 7) is 0. The monoisotopic (exact) mass is 602 g/mol. The Bertz CT molecular complexity index is 1990. The predicted octanol–water partition coefficient (Wildman–Crippen LogP) is 2.92. The lowest BCUT2D eigenvalue weighted by atomic mass is 9.98. The first-order valence-electron chi connectivity index (χ1n) is 13.1. The van der Waals surface area contributed by atoms with Crippen LogP contribution in [-0.4, -0.2) is 66.5 Å². The molecule has 0 N–H and O–H groups in total. The van der Waals surface area contributed by atoms with Crippen LogP contribution in [0.2, 0.25) is 0 Å². The Hall–Kier alpha value is -5.52. The summed E-state index contributed by atoms with van der Waals surface area (Å²) < 4.78 is 30.5. The van der Waals surface area contributed by atoms with E-state index in [1.807, 2.05) is 0 Å². The van der Waals surface area contributed by atoms with Crippen molar-refractivity contribution in [3.8, 4) is 11.5 Å². The lowest BCUT2D eigenvalue weighted by molar-refractivity contribution is -0.140. The summed E-state index contributed by atoms with van der Waals surface area (Å²) in [6, 6.07) is 6.09. The Kier molecular flexibility index (Phi) is 7.68. The van der Waals surface area contributed by atoms with Crippen LogP contribution in [0.3, 0.4) is 0 Å². The fourth-order valence-corrected chi connectivity index (χ4v) is 5.78. The molecule has 0 aliphatic rings. The number of esters is 4. The molecule has 0 aromatic heterocycles. The second-order valence-corrected chi connectivity index (χ2v) is 9.82. The summed E-state index contributed by atoms with van der Waals surface area (Å²) in [5, 5.41) is 1.96. The quantitative estimate of drug-likeness (QED) is 0.189. The van der Waals surface area contributed by atoms with E-state index in [0.29, 0.717) is 21.5 Å². The summed E-state index contributed by atoms with van der Waals surface area (Å²) in [6.07, 6.45) is -0.639. The van der Waals surface area contributed by atoms with Crippen molar-refractivity contribution in [2.24, 2.45) is 0 Å². The number of fused-ring (bicyclic) bond motifs is 6. The van der Waals surface area contributed by atoms with Gasteiger partial charge in [0.15, 0.2) is 10.9 Å². The van der Waals surface area contributed by atoms with Gasteiger partial charge in [-0.15, -0.1) is 0 Å². The normalized spacial score (nSPS) is 11.2.